The largest absolute Gasteiger partial charge is 0.361 e. The number of H-pyrrole nitrogens is 1. The van der Waals surface area contributed by atoms with Crippen LogP contribution in [0.3, 0.4) is 0 Å². The van der Waals surface area contributed by atoms with Crippen LogP contribution in [0.2, 0.25) is 0 Å². The molecule has 0 aliphatic heterocycles. The fraction of sp³-hybridized carbons (Fsp3) is 0.0625. The Bertz CT molecular complexity index is 852. The van der Waals surface area contributed by atoms with E-state index in [2.05, 4.69) is 20.8 Å². The number of rotatable bonds is 5. The number of hydrazone groups is 1. The number of nitrogens with one attached hydrogen (secondary N) is 3. The lowest BCUT2D eigenvalue weighted by molar-refractivity contribution is -0.120. The maximum absolute atomic E-state index is 11.7. The smallest absolute Gasteiger partial charge is 0.261 e. The van der Waals surface area contributed by atoms with Crippen LogP contribution < -0.4 is 10.7 Å². The number of nitrogens with zero attached hydrogens (tertiary/aromatic N) is 1. The van der Waals surface area contributed by atoms with Gasteiger partial charge in [-0.1, -0.05) is 24.3 Å². The molecular formula is C16H14N4O2S. The van der Waals surface area contributed by atoms with Crippen molar-refractivity contribution >= 4 is 40.3 Å². The molecule has 2 aromatic heterocycles. The minimum atomic E-state index is -0.383. The third kappa shape index (κ3) is 3.64. The average Bonchev–Trinajstić information content (AvgIpc) is 3.23. The molecule has 3 rings (SSSR count). The van der Waals surface area contributed by atoms with E-state index in [1.54, 1.807) is 23.7 Å². The van der Waals surface area contributed by atoms with Crippen LogP contribution in [0.1, 0.15) is 15.2 Å². The molecule has 3 N–H and O–H groups in total. The number of carbonyl (C=O) groups is 2. The zero-order valence-corrected chi connectivity index (χ0v) is 12.9. The summed E-state index contributed by atoms with van der Waals surface area (Å²) in [4.78, 5) is 27.1. The van der Waals surface area contributed by atoms with Crippen LogP contribution in [0, 0.1) is 0 Å². The van der Waals surface area contributed by atoms with Gasteiger partial charge in [0, 0.05) is 22.7 Å². The lowest BCUT2D eigenvalue weighted by Crippen LogP contribution is -2.34. The fourth-order valence-electron chi connectivity index (χ4n) is 2.07. The summed E-state index contributed by atoms with van der Waals surface area (Å²) in [6.45, 7) is -0.123. The normalized spacial score (nSPS) is 11.0. The number of carbonyl (C=O) groups excluding carboxylic acids is 2. The summed E-state index contributed by atoms with van der Waals surface area (Å²) in [5.41, 5.74) is 4.27. The minimum Gasteiger partial charge on any atom is -0.361 e. The lowest BCUT2D eigenvalue weighted by atomic mass is 10.2. The molecular weight excluding hydrogens is 312 g/mol. The lowest BCUT2D eigenvalue weighted by Gasteiger charge is -2.01. The number of thiophene rings is 1. The maximum Gasteiger partial charge on any atom is 0.261 e. The van der Waals surface area contributed by atoms with Gasteiger partial charge in [0.1, 0.15) is 0 Å². The van der Waals surface area contributed by atoms with Crippen LogP contribution in [0.4, 0.5) is 0 Å². The predicted octanol–water partition coefficient (Wildman–Crippen LogP) is 2.11. The van der Waals surface area contributed by atoms with Gasteiger partial charge in [-0.15, -0.1) is 11.3 Å². The SMILES string of the molecule is O=C(CNC(=O)c1cccs1)N/N=C/c1c[nH]c2ccccc12. The second-order valence-electron chi connectivity index (χ2n) is 4.74. The Hall–Kier alpha value is -2.93. The molecule has 0 atom stereocenters. The summed E-state index contributed by atoms with van der Waals surface area (Å²) < 4.78 is 0. The Morgan fingerprint density at radius 3 is 2.91 bits per heavy atom. The van der Waals surface area contributed by atoms with Crippen molar-refractivity contribution in [3.63, 3.8) is 0 Å². The molecule has 0 fully saturated rings. The molecule has 2 amide bonds. The highest BCUT2D eigenvalue weighted by Gasteiger charge is 2.08. The first-order valence-electron chi connectivity index (χ1n) is 6.94. The topological polar surface area (TPSA) is 86.3 Å². The van der Waals surface area contributed by atoms with Crippen LogP contribution in [-0.4, -0.2) is 29.6 Å². The first-order chi connectivity index (χ1) is 11.2. The van der Waals surface area contributed by atoms with Crippen LogP contribution in [0.15, 0.2) is 53.1 Å². The molecule has 0 aliphatic rings. The summed E-state index contributed by atoms with van der Waals surface area (Å²) in [6, 6.07) is 11.3. The van der Waals surface area contributed by atoms with Crippen LogP contribution >= 0.6 is 11.3 Å². The summed E-state index contributed by atoms with van der Waals surface area (Å²) in [5.74, 6) is -0.651. The number of para-hydroxylation sites is 1. The number of amides is 2. The van der Waals surface area contributed by atoms with Crippen molar-refractivity contribution in [2.45, 2.75) is 0 Å². The van der Waals surface area contributed by atoms with Gasteiger partial charge in [0.25, 0.3) is 11.8 Å². The molecule has 0 saturated carbocycles. The highest BCUT2D eigenvalue weighted by atomic mass is 32.1. The number of fused-ring (bicyclic) bond motifs is 1. The van der Waals surface area contributed by atoms with Gasteiger partial charge in [-0.2, -0.15) is 5.10 Å². The molecule has 0 aliphatic carbocycles. The molecule has 2 heterocycles. The van der Waals surface area contributed by atoms with Gasteiger partial charge in [0.05, 0.1) is 17.6 Å². The number of aromatic nitrogens is 1. The Labute approximate surface area is 136 Å². The van der Waals surface area contributed by atoms with E-state index in [9.17, 15) is 9.59 Å². The van der Waals surface area contributed by atoms with Gasteiger partial charge in [-0.3, -0.25) is 9.59 Å². The molecule has 23 heavy (non-hydrogen) atoms. The van der Waals surface area contributed by atoms with E-state index >= 15 is 0 Å². The van der Waals surface area contributed by atoms with E-state index in [0.29, 0.717) is 4.88 Å². The summed E-state index contributed by atoms with van der Waals surface area (Å²) in [7, 11) is 0. The zero-order chi connectivity index (χ0) is 16.1. The second kappa shape index (κ2) is 6.89. The van der Waals surface area contributed by atoms with Gasteiger partial charge in [-0.05, 0) is 17.5 Å². The predicted molar refractivity (Wildman–Crippen MR) is 90.7 cm³/mol. The van der Waals surface area contributed by atoms with Crippen molar-refractivity contribution in [1.29, 1.82) is 0 Å². The molecule has 1 aromatic carbocycles. The number of hydrogen-bond donors (Lipinski definition) is 3. The summed E-state index contributed by atoms with van der Waals surface area (Å²) in [6.07, 6.45) is 3.39. The highest BCUT2D eigenvalue weighted by Crippen LogP contribution is 2.15. The molecule has 0 spiro atoms. The first-order valence-corrected chi connectivity index (χ1v) is 7.82. The maximum atomic E-state index is 11.7. The van der Waals surface area contributed by atoms with Gasteiger partial charge < -0.3 is 10.3 Å². The Balaban J connectivity index is 1.51. The van der Waals surface area contributed by atoms with Crippen LogP contribution in [0.5, 0.6) is 0 Å². The highest BCUT2D eigenvalue weighted by molar-refractivity contribution is 7.12. The van der Waals surface area contributed by atoms with Crippen LogP contribution in [0.25, 0.3) is 10.9 Å². The Kier molecular flexibility index (Phi) is 4.49. The van der Waals surface area contributed by atoms with Gasteiger partial charge in [0.15, 0.2) is 0 Å². The zero-order valence-electron chi connectivity index (χ0n) is 12.1. The molecule has 116 valence electrons. The van der Waals surface area contributed by atoms with E-state index in [-0.39, 0.29) is 18.4 Å². The molecule has 0 unspecified atom stereocenters. The molecule has 0 bridgehead atoms. The van der Waals surface area contributed by atoms with E-state index in [0.717, 1.165) is 16.5 Å². The van der Waals surface area contributed by atoms with E-state index in [1.165, 1.54) is 11.3 Å². The van der Waals surface area contributed by atoms with Gasteiger partial charge in [-0.25, -0.2) is 5.43 Å². The molecule has 0 radical (unpaired) electrons. The van der Waals surface area contributed by atoms with Crippen molar-refractivity contribution in [2.75, 3.05) is 6.54 Å². The second-order valence-corrected chi connectivity index (χ2v) is 5.69. The fourth-order valence-corrected chi connectivity index (χ4v) is 2.71. The third-order valence-corrected chi connectivity index (χ3v) is 4.04. The Morgan fingerprint density at radius 2 is 2.09 bits per heavy atom. The standard InChI is InChI=1S/C16H14N4O2S/c21-15(10-18-16(22)14-6-3-7-23-14)20-19-9-11-8-17-13-5-2-1-4-12(11)13/h1-9,17H,10H2,(H,18,22)(H,20,21)/b19-9+. The Morgan fingerprint density at radius 1 is 1.22 bits per heavy atom. The first kappa shape index (κ1) is 15.0. The number of aromatic amines is 1. The van der Waals surface area contributed by atoms with E-state index in [4.69, 9.17) is 0 Å². The molecule has 6 nitrogen and oxygen atoms in total. The summed E-state index contributed by atoms with van der Waals surface area (Å²) in [5, 5.41) is 9.28. The van der Waals surface area contributed by atoms with Gasteiger partial charge in [0.2, 0.25) is 0 Å². The average molecular weight is 326 g/mol. The van der Waals surface area contributed by atoms with Crippen molar-refractivity contribution in [1.82, 2.24) is 15.7 Å². The quantitative estimate of drug-likeness (QED) is 0.495. The minimum absolute atomic E-state index is 0.123. The molecule has 7 heteroatoms. The summed E-state index contributed by atoms with van der Waals surface area (Å²) >= 11 is 1.32. The molecule has 0 saturated heterocycles. The van der Waals surface area contributed by atoms with Crippen molar-refractivity contribution in [2.24, 2.45) is 5.10 Å². The van der Waals surface area contributed by atoms with Crippen LogP contribution in [-0.2, 0) is 4.79 Å². The van der Waals surface area contributed by atoms with Crippen molar-refractivity contribution in [3.8, 4) is 0 Å². The monoisotopic (exact) mass is 326 g/mol. The van der Waals surface area contributed by atoms with Gasteiger partial charge >= 0.3 is 0 Å². The number of benzene rings is 1. The van der Waals surface area contributed by atoms with E-state index < -0.39 is 0 Å². The third-order valence-electron chi connectivity index (χ3n) is 3.17. The molecule has 3 aromatic rings. The van der Waals surface area contributed by atoms with E-state index in [1.807, 2.05) is 30.5 Å². The van der Waals surface area contributed by atoms with Crippen molar-refractivity contribution in [3.05, 3.63) is 58.4 Å². The number of hydrogen-bond acceptors (Lipinski definition) is 4. The van der Waals surface area contributed by atoms with Crippen molar-refractivity contribution < 1.29 is 9.59 Å².